The number of nitriles is 1. The molecule has 0 bridgehead atoms. The summed E-state index contributed by atoms with van der Waals surface area (Å²) in [5, 5.41) is 12.3. The first-order chi connectivity index (χ1) is 8.70. The molecule has 1 aliphatic rings. The van der Waals surface area contributed by atoms with Gasteiger partial charge in [0.1, 0.15) is 0 Å². The topological polar surface area (TPSA) is 35.8 Å². The number of nitrogens with zero attached hydrogens (tertiary/aromatic N) is 1. The third-order valence-electron chi connectivity index (χ3n) is 4.30. The molecule has 0 amide bonds. The second kappa shape index (κ2) is 5.91. The molecule has 3 atom stereocenters. The maximum absolute atomic E-state index is 8.65. The van der Waals surface area contributed by atoms with Crippen LogP contribution in [0.2, 0.25) is 0 Å². The van der Waals surface area contributed by atoms with Gasteiger partial charge in [-0.1, -0.05) is 38.8 Å². The zero-order valence-electron chi connectivity index (χ0n) is 11.3. The number of benzene rings is 1. The van der Waals surface area contributed by atoms with Gasteiger partial charge in [-0.2, -0.15) is 5.26 Å². The molecule has 0 radical (unpaired) electrons. The summed E-state index contributed by atoms with van der Waals surface area (Å²) in [6, 6.07) is 11.1. The van der Waals surface area contributed by atoms with Crippen LogP contribution in [-0.2, 0) is 6.42 Å². The first-order valence-corrected chi connectivity index (χ1v) is 6.93. The third-order valence-corrected chi connectivity index (χ3v) is 4.30. The van der Waals surface area contributed by atoms with Crippen molar-refractivity contribution in [2.75, 3.05) is 5.32 Å². The molecule has 1 aromatic carbocycles. The second-order valence-corrected chi connectivity index (χ2v) is 5.55. The van der Waals surface area contributed by atoms with E-state index in [1.807, 2.05) is 12.1 Å². The molecule has 2 heteroatoms. The molecular formula is C16H22N2. The highest BCUT2D eigenvalue weighted by Crippen LogP contribution is 2.31. The first kappa shape index (κ1) is 13.0. The van der Waals surface area contributed by atoms with E-state index in [0.717, 1.165) is 17.4 Å². The minimum Gasteiger partial charge on any atom is -0.382 e. The summed E-state index contributed by atoms with van der Waals surface area (Å²) in [7, 11) is 0. The van der Waals surface area contributed by atoms with Crippen LogP contribution >= 0.6 is 0 Å². The van der Waals surface area contributed by atoms with Crippen molar-refractivity contribution in [1.82, 2.24) is 0 Å². The van der Waals surface area contributed by atoms with Crippen molar-refractivity contribution in [3.05, 3.63) is 29.8 Å². The van der Waals surface area contributed by atoms with Gasteiger partial charge < -0.3 is 5.32 Å². The Bertz CT molecular complexity index is 416. The molecule has 1 fully saturated rings. The maximum Gasteiger partial charge on any atom is 0.0669 e. The maximum atomic E-state index is 8.65. The largest absolute Gasteiger partial charge is 0.382 e. The van der Waals surface area contributed by atoms with Crippen molar-refractivity contribution in [2.24, 2.45) is 11.8 Å². The van der Waals surface area contributed by atoms with Gasteiger partial charge >= 0.3 is 0 Å². The first-order valence-electron chi connectivity index (χ1n) is 6.93. The van der Waals surface area contributed by atoms with Gasteiger partial charge in [-0.3, -0.25) is 0 Å². The van der Waals surface area contributed by atoms with Gasteiger partial charge in [0.15, 0.2) is 0 Å². The summed E-state index contributed by atoms with van der Waals surface area (Å²) in [5.74, 6) is 1.55. The predicted octanol–water partition coefficient (Wildman–Crippen LogP) is 3.99. The Morgan fingerprint density at radius 1 is 1.22 bits per heavy atom. The minimum atomic E-state index is 0.497. The van der Waals surface area contributed by atoms with Gasteiger partial charge in [-0.15, -0.1) is 0 Å². The molecule has 1 N–H and O–H groups in total. The van der Waals surface area contributed by atoms with E-state index in [-0.39, 0.29) is 0 Å². The molecule has 0 aliphatic heterocycles. The lowest BCUT2D eigenvalue weighted by molar-refractivity contribution is 0.253. The summed E-state index contributed by atoms with van der Waals surface area (Å²) in [6.45, 7) is 4.71. The van der Waals surface area contributed by atoms with E-state index in [4.69, 9.17) is 5.26 Å². The molecular weight excluding hydrogens is 220 g/mol. The van der Waals surface area contributed by atoms with Gasteiger partial charge in [-0.05, 0) is 36.0 Å². The number of hydrogen-bond acceptors (Lipinski definition) is 2. The van der Waals surface area contributed by atoms with Crippen molar-refractivity contribution in [2.45, 2.75) is 45.6 Å². The molecule has 0 aromatic heterocycles. The van der Waals surface area contributed by atoms with E-state index in [1.165, 1.54) is 24.9 Å². The van der Waals surface area contributed by atoms with Gasteiger partial charge in [0, 0.05) is 11.7 Å². The van der Waals surface area contributed by atoms with Crippen molar-refractivity contribution in [3.63, 3.8) is 0 Å². The lowest BCUT2D eigenvalue weighted by Gasteiger charge is -2.35. The van der Waals surface area contributed by atoms with Gasteiger partial charge in [0.25, 0.3) is 0 Å². The summed E-state index contributed by atoms with van der Waals surface area (Å²) < 4.78 is 0. The molecule has 1 saturated carbocycles. The van der Waals surface area contributed by atoms with E-state index in [9.17, 15) is 0 Å². The molecule has 0 spiro atoms. The molecule has 1 aromatic rings. The Labute approximate surface area is 110 Å². The van der Waals surface area contributed by atoms with Crippen LogP contribution in [0.5, 0.6) is 0 Å². The summed E-state index contributed by atoms with van der Waals surface area (Å²) in [4.78, 5) is 0. The van der Waals surface area contributed by atoms with E-state index in [2.05, 4.69) is 37.4 Å². The zero-order valence-corrected chi connectivity index (χ0v) is 11.3. The van der Waals surface area contributed by atoms with Crippen LogP contribution in [0, 0.1) is 23.2 Å². The van der Waals surface area contributed by atoms with E-state index >= 15 is 0 Å². The molecule has 0 heterocycles. The standard InChI is InChI=1S/C16H22N2/c1-12-4-3-5-16(13(12)2)18-15-8-6-14(7-9-15)10-11-17/h6-9,12-13,16,18H,3-5,10H2,1-2H3. The Hall–Kier alpha value is -1.49. The summed E-state index contributed by atoms with van der Waals surface area (Å²) in [5.41, 5.74) is 2.27. The summed E-state index contributed by atoms with van der Waals surface area (Å²) >= 11 is 0. The normalized spacial score (nSPS) is 27.5. The Kier molecular flexibility index (Phi) is 4.25. The van der Waals surface area contributed by atoms with Crippen LogP contribution in [0.3, 0.4) is 0 Å². The molecule has 96 valence electrons. The van der Waals surface area contributed by atoms with Crippen molar-refractivity contribution in [3.8, 4) is 6.07 Å². The van der Waals surface area contributed by atoms with E-state index in [0.29, 0.717) is 12.5 Å². The lowest BCUT2D eigenvalue weighted by atomic mass is 9.78. The Morgan fingerprint density at radius 3 is 2.61 bits per heavy atom. The molecule has 1 aliphatic carbocycles. The number of hydrogen-bond donors (Lipinski definition) is 1. The molecule has 3 unspecified atom stereocenters. The SMILES string of the molecule is CC1CCCC(Nc2ccc(CC#N)cc2)C1C. The predicted molar refractivity (Wildman–Crippen MR) is 75.3 cm³/mol. The Balaban J connectivity index is 1.98. The quantitative estimate of drug-likeness (QED) is 0.870. The fourth-order valence-electron chi connectivity index (χ4n) is 2.81. The van der Waals surface area contributed by atoms with Crippen LogP contribution in [0.1, 0.15) is 38.7 Å². The number of anilines is 1. The molecule has 18 heavy (non-hydrogen) atoms. The third kappa shape index (κ3) is 3.04. The van der Waals surface area contributed by atoms with Crippen LogP contribution in [0.4, 0.5) is 5.69 Å². The highest BCUT2D eigenvalue weighted by molar-refractivity contribution is 5.46. The monoisotopic (exact) mass is 242 g/mol. The second-order valence-electron chi connectivity index (χ2n) is 5.55. The average Bonchev–Trinajstić information content (AvgIpc) is 2.38. The van der Waals surface area contributed by atoms with Gasteiger partial charge in [0.05, 0.1) is 12.5 Å². The average molecular weight is 242 g/mol. The Morgan fingerprint density at radius 2 is 1.94 bits per heavy atom. The number of rotatable bonds is 3. The van der Waals surface area contributed by atoms with Crippen LogP contribution in [-0.4, -0.2) is 6.04 Å². The van der Waals surface area contributed by atoms with Crippen LogP contribution < -0.4 is 5.32 Å². The fraction of sp³-hybridized carbons (Fsp3) is 0.562. The van der Waals surface area contributed by atoms with Crippen molar-refractivity contribution >= 4 is 5.69 Å². The molecule has 0 saturated heterocycles. The number of nitrogens with one attached hydrogen (secondary N) is 1. The van der Waals surface area contributed by atoms with E-state index < -0.39 is 0 Å². The molecule has 2 nitrogen and oxygen atoms in total. The van der Waals surface area contributed by atoms with Gasteiger partial charge in [0.2, 0.25) is 0 Å². The van der Waals surface area contributed by atoms with E-state index in [1.54, 1.807) is 0 Å². The highest BCUT2D eigenvalue weighted by Gasteiger charge is 2.26. The zero-order chi connectivity index (χ0) is 13.0. The van der Waals surface area contributed by atoms with Crippen LogP contribution in [0.25, 0.3) is 0 Å². The summed E-state index contributed by atoms with van der Waals surface area (Å²) in [6.07, 6.45) is 4.46. The fourth-order valence-corrected chi connectivity index (χ4v) is 2.81. The van der Waals surface area contributed by atoms with Crippen LogP contribution in [0.15, 0.2) is 24.3 Å². The highest BCUT2D eigenvalue weighted by atomic mass is 14.9. The smallest absolute Gasteiger partial charge is 0.0669 e. The van der Waals surface area contributed by atoms with Gasteiger partial charge in [-0.25, -0.2) is 0 Å². The molecule has 2 rings (SSSR count). The van der Waals surface area contributed by atoms with Crippen molar-refractivity contribution < 1.29 is 0 Å². The minimum absolute atomic E-state index is 0.497. The van der Waals surface area contributed by atoms with Crippen molar-refractivity contribution in [1.29, 1.82) is 5.26 Å². The lowest BCUT2D eigenvalue weighted by Crippen LogP contribution is -2.34.